The van der Waals surface area contributed by atoms with Gasteiger partial charge in [0.05, 0.1) is 16.7 Å². The first-order chi connectivity index (χ1) is 14.3. The number of anilines is 1. The van der Waals surface area contributed by atoms with Crippen LogP contribution in [0.15, 0.2) is 48.5 Å². The van der Waals surface area contributed by atoms with Gasteiger partial charge in [-0.3, -0.25) is 19.3 Å². The zero-order valence-electron chi connectivity index (χ0n) is 17.3. The van der Waals surface area contributed by atoms with Crippen molar-refractivity contribution in [2.75, 3.05) is 18.5 Å². The zero-order chi connectivity index (χ0) is 21.8. The summed E-state index contributed by atoms with van der Waals surface area (Å²) in [7, 11) is 1.60. The van der Waals surface area contributed by atoms with E-state index in [0.717, 1.165) is 12.8 Å². The van der Waals surface area contributed by atoms with E-state index in [1.165, 1.54) is 34.9 Å². The number of amides is 3. The zero-order valence-corrected chi connectivity index (χ0v) is 17.3. The molecule has 156 valence electrons. The van der Waals surface area contributed by atoms with Crippen LogP contribution in [0.5, 0.6) is 0 Å². The second-order valence-corrected chi connectivity index (χ2v) is 7.16. The lowest BCUT2D eigenvalue weighted by molar-refractivity contribution is -0.126. The van der Waals surface area contributed by atoms with Crippen LogP contribution in [0.25, 0.3) is 0 Å². The summed E-state index contributed by atoms with van der Waals surface area (Å²) in [5.74, 6) is -1.87. The van der Waals surface area contributed by atoms with E-state index in [0.29, 0.717) is 12.2 Å². The number of hydrogen-bond acceptors (Lipinski definition) is 5. The number of benzene rings is 2. The number of ether oxygens (including phenoxy) is 1. The fraction of sp³-hybridized carbons (Fsp3) is 0.304. The van der Waals surface area contributed by atoms with Crippen LogP contribution in [0.2, 0.25) is 0 Å². The molecule has 7 nitrogen and oxygen atoms in total. The standard InChI is InChI=1S/C23H24N2O5/c1-4-5-13-25-21(27)18-12-11-16(14-19(18)22(25)28)23(29)30-15(2)20(26)24(3)17-9-7-6-8-10-17/h6-12,14-15H,4-5,13H2,1-3H3. The molecule has 7 heteroatoms. The Morgan fingerprint density at radius 2 is 1.70 bits per heavy atom. The number of unbranched alkanes of at least 4 members (excludes halogenated alkanes) is 1. The SMILES string of the molecule is CCCCN1C(=O)c2ccc(C(=O)OC(C)C(=O)N(C)c3ccccc3)cc2C1=O. The lowest BCUT2D eigenvalue weighted by Gasteiger charge is -2.21. The predicted molar refractivity (Wildman–Crippen MR) is 111 cm³/mol. The van der Waals surface area contributed by atoms with Crippen LogP contribution in [0.4, 0.5) is 5.69 Å². The second kappa shape index (κ2) is 8.90. The summed E-state index contributed by atoms with van der Waals surface area (Å²) in [6.07, 6.45) is 0.554. The number of rotatable bonds is 7. The molecule has 0 bridgehead atoms. The summed E-state index contributed by atoms with van der Waals surface area (Å²) in [6, 6.07) is 13.3. The van der Waals surface area contributed by atoms with Gasteiger partial charge in [0.2, 0.25) is 0 Å². The number of hydrogen-bond donors (Lipinski definition) is 0. The van der Waals surface area contributed by atoms with E-state index >= 15 is 0 Å². The Bertz CT molecular complexity index is 986. The fourth-order valence-electron chi connectivity index (χ4n) is 3.27. The number of imide groups is 1. The van der Waals surface area contributed by atoms with Crippen LogP contribution in [-0.4, -0.2) is 48.3 Å². The largest absolute Gasteiger partial charge is 0.449 e. The Morgan fingerprint density at radius 3 is 2.37 bits per heavy atom. The van der Waals surface area contributed by atoms with Crippen molar-refractivity contribution in [1.29, 1.82) is 0 Å². The second-order valence-electron chi connectivity index (χ2n) is 7.16. The smallest absolute Gasteiger partial charge is 0.338 e. The maximum atomic E-state index is 12.6. The molecule has 0 N–H and O–H groups in total. The first-order valence-corrected chi connectivity index (χ1v) is 9.89. The topological polar surface area (TPSA) is 84.0 Å². The van der Waals surface area contributed by atoms with Gasteiger partial charge in [0.15, 0.2) is 6.10 Å². The molecule has 1 aliphatic heterocycles. The summed E-state index contributed by atoms with van der Waals surface area (Å²) < 4.78 is 5.31. The highest BCUT2D eigenvalue weighted by atomic mass is 16.5. The molecule has 2 aromatic carbocycles. The Morgan fingerprint density at radius 1 is 1.03 bits per heavy atom. The lowest BCUT2D eigenvalue weighted by Crippen LogP contribution is -2.37. The molecule has 0 aromatic heterocycles. The Balaban J connectivity index is 1.71. The molecule has 1 aliphatic rings. The minimum Gasteiger partial charge on any atom is -0.449 e. The Labute approximate surface area is 175 Å². The Hall–Kier alpha value is -3.48. The fourth-order valence-corrected chi connectivity index (χ4v) is 3.27. The van der Waals surface area contributed by atoms with Gasteiger partial charge in [-0.2, -0.15) is 0 Å². The molecule has 0 spiro atoms. The quantitative estimate of drug-likeness (QED) is 0.519. The van der Waals surface area contributed by atoms with Crippen LogP contribution in [0, 0.1) is 0 Å². The molecule has 1 unspecified atom stereocenters. The first-order valence-electron chi connectivity index (χ1n) is 9.89. The molecule has 0 saturated heterocycles. The highest BCUT2D eigenvalue weighted by molar-refractivity contribution is 6.22. The Kier molecular flexibility index (Phi) is 6.30. The minimum atomic E-state index is -1.02. The van der Waals surface area contributed by atoms with Gasteiger partial charge < -0.3 is 9.64 Å². The van der Waals surface area contributed by atoms with Gasteiger partial charge in [-0.15, -0.1) is 0 Å². The van der Waals surface area contributed by atoms with Gasteiger partial charge in [0, 0.05) is 19.3 Å². The number of fused-ring (bicyclic) bond motifs is 1. The maximum absolute atomic E-state index is 12.6. The first kappa shape index (κ1) is 21.2. The highest BCUT2D eigenvalue weighted by Gasteiger charge is 2.35. The van der Waals surface area contributed by atoms with Gasteiger partial charge in [-0.05, 0) is 43.7 Å². The minimum absolute atomic E-state index is 0.120. The number of para-hydroxylation sites is 1. The number of esters is 1. The van der Waals surface area contributed by atoms with Crippen molar-refractivity contribution in [2.24, 2.45) is 0 Å². The molecular weight excluding hydrogens is 384 g/mol. The molecule has 3 rings (SSSR count). The van der Waals surface area contributed by atoms with Gasteiger partial charge in [-0.25, -0.2) is 4.79 Å². The normalized spacial score (nSPS) is 13.8. The van der Waals surface area contributed by atoms with Crippen LogP contribution < -0.4 is 4.90 Å². The van der Waals surface area contributed by atoms with E-state index < -0.39 is 18.0 Å². The highest BCUT2D eigenvalue weighted by Crippen LogP contribution is 2.25. The van der Waals surface area contributed by atoms with Crippen molar-refractivity contribution in [3.05, 3.63) is 65.2 Å². The third-order valence-corrected chi connectivity index (χ3v) is 5.05. The van der Waals surface area contributed by atoms with Crippen molar-refractivity contribution in [3.8, 4) is 0 Å². The lowest BCUT2D eigenvalue weighted by atomic mass is 10.1. The van der Waals surface area contributed by atoms with Crippen LogP contribution in [0.1, 0.15) is 57.8 Å². The third kappa shape index (κ3) is 4.10. The molecule has 0 saturated carbocycles. The molecule has 0 radical (unpaired) electrons. The molecule has 30 heavy (non-hydrogen) atoms. The van der Waals surface area contributed by atoms with E-state index in [2.05, 4.69) is 0 Å². The molecule has 1 heterocycles. The summed E-state index contributed by atoms with van der Waals surface area (Å²) in [4.78, 5) is 52.7. The van der Waals surface area contributed by atoms with Crippen LogP contribution in [0.3, 0.4) is 0 Å². The van der Waals surface area contributed by atoms with Crippen molar-refractivity contribution in [3.63, 3.8) is 0 Å². The number of nitrogens with zero attached hydrogens (tertiary/aromatic N) is 2. The molecule has 2 aromatic rings. The summed E-state index contributed by atoms with van der Waals surface area (Å²) in [5, 5.41) is 0. The van der Waals surface area contributed by atoms with Gasteiger partial charge >= 0.3 is 5.97 Å². The van der Waals surface area contributed by atoms with E-state index in [4.69, 9.17) is 4.74 Å². The van der Waals surface area contributed by atoms with Crippen molar-refractivity contribution in [1.82, 2.24) is 4.90 Å². The average Bonchev–Trinajstić information content (AvgIpc) is 3.00. The summed E-state index contributed by atoms with van der Waals surface area (Å²) >= 11 is 0. The molecule has 3 amide bonds. The van der Waals surface area contributed by atoms with Crippen LogP contribution in [-0.2, 0) is 9.53 Å². The number of carbonyl (C=O) groups excluding carboxylic acids is 4. The number of likely N-dealkylation sites (N-methyl/N-ethyl adjacent to an activating group) is 1. The van der Waals surface area contributed by atoms with Crippen molar-refractivity contribution < 1.29 is 23.9 Å². The summed E-state index contributed by atoms with van der Waals surface area (Å²) in [5.41, 5.74) is 1.26. The van der Waals surface area contributed by atoms with E-state index in [1.54, 1.807) is 19.2 Å². The maximum Gasteiger partial charge on any atom is 0.338 e. The summed E-state index contributed by atoms with van der Waals surface area (Å²) in [6.45, 7) is 3.82. The van der Waals surface area contributed by atoms with E-state index in [-0.39, 0.29) is 28.5 Å². The average molecular weight is 408 g/mol. The monoisotopic (exact) mass is 408 g/mol. The number of carbonyl (C=O) groups is 4. The van der Waals surface area contributed by atoms with Crippen molar-refractivity contribution in [2.45, 2.75) is 32.8 Å². The molecule has 0 aliphatic carbocycles. The third-order valence-electron chi connectivity index (χ3n) is 5.05. The predicted octanol–water partition coefficient (Wildman–Crippen LogP) is 3.29. The molecule has 0 fully saturated rings. The van der Waals surface area contributed by atoms with Crippen LogP contribution >= 0.6 is 0 Å². The van der Waals surface area contributed by atoms with E-state index in [9.17, 15) is 19.2 Å². The molecular formula is C23H24N2O5. The van der Waals surface area contributed by atoms with Gasteiger partial charge in [0.1, 0.15) is 0 Å². The van der Waals surface area contributed by atoms with Gasteiger partial charge in [-0.1, -0.05) is 31.5 Å². The van der Waals surface area contributed by atoms with Crippen molar-refractivity contribution >= 4 is 29.4 Å². The van der Waals surface area contributed by atoms with E-state index in [1.807, 2.05) is 25.1 Å². The van der Waals surface area contributed by atoms with Gasteiger partial charge in [0.25, 0.3) is 17.7 Å². The molecule has 1 atom stereocenters.